The summed E-state index contributed by atoms with van der Waals surface area (Å²) in [5.74, 6) is 0.345. The fourth-order valence-corrected chi connectivity index (χ4v) is 2.58. The Morgan fingerprint density at radius 2 is 1.88 bits per heavy atom. The van der Waals surface area contributed by atoms with E-state index in [0.717, 1.165) is 11.3 Å². The molecule has 0 aromatic heterocycles. The molecule has 2 rings (SSSR count). The molecular formula is C20H25NO4. The van der Waals surface area contributed by atoms with Gasteiger partial charge in [-0.3, -0.25) is 0 Å². The number of hydrogen-bond acceptors (Lipinski definition) is 5. The molecule has 0 bridgehead atoms. The molecule has 0 aliphatic heterocycles. The van der Waals surface area contributed by atoms with Gasteiger partial charge in [-0.2, -0.15) is 0 Å². The number of anilines is 1. The first-order valence-corrected chi connectivity index (χ1v) is 8.51. The highest BCUT2D eigenvalue weighted by Gasteiger charge is 2.20. The van der Waals surface area contributed by atoms with E-state index in [1.165, 1.54) is 0 Å². The maximum atomic E-state index is 12.3. The Balaban J connectivity index is 2.19. The van der Waals surface area contributed by atoms with E-state index in [1.54, 1.807) is 19.1 Å². The van der Waals surface area contributed by atoms with Crippen LogP contribution in [0.5, 0.6) is 5.75 Å². The Morgan fingerprint density at radius 3 is 2.52 bits per heavy atom. The minimum Gasteiger partial charge on any atom is -0.494 e. The van der Waals surface area contributed by atoms with E-state index < -0.39 is 6.04 Å². The van der Waals surface area contributed by atoms with Crippen molar-refractivity contribution in [3.63, 3.8) is 0 Å². The van der Waals surface area contributed by atoms with Crippen LogP contribution in [0.1, 0.15) is 25.0 Å². The minimum absolute atomic E-state index is 0.131. The Kier molecular flexibility index (Phi) is 7.29. The second kappa shape index (κ2) is 9.69. The molecule has 2 N–H and O–H groups in total. The smallest absolute Gasteiger partial charge is 0.328 e. The third kappa shape index (κ3) is 5.50. The number of esters is 1. The Hall–Kier alpha value is -2.53. The fourth-order valence-electron chi connectivity index (χ4n) is 2.58. The predicted molar refractivity (Wildman–Crippen MR) is 97.7 cm³/mol. The molecule has 1 atom stereocenters. The normalized spacial score (nSPS) is 11.6. The van der Waals surface area contributed by atoms with Crippen LogP contribution in [0.4, 0.5) is 5.69 Å². The van der Waals surface area contributed by atoms with Crippen LogP contribution in [0.15, 0.2) is 48.5 Å². The second-order valence-electron chi connectivity index (χ2n) is 5.55. The highest BCUT2D eigenvalue weighted by Crippen LogP contribution is 2.24. The minimum atomic E-state index is -0.508. The monoisotopic (exact) mass is 343 g/mol. The lowest BCUT2D eigenvalue weighted by molar-refractivity contribution is -0.144. The number of carbonyl (C=O) groups is 1. The van der Waals surface area contributed by atoms with Gasteiger partial charge in [0.15, 0.2) is 0 Å². The van der Waals surface area contributed by atoms with Crippen LogP contribution in [-0.4, -0.2) is 30.3 Å². The molecular weight excluding hydrogens is 318 g/mol. The average Bonchev–Trinajstić information content (AvgIpc) is 2.63. The summed E-state index contributed by atoms with van der Waals surface area (Å²) in [5.41, 5.74) is 2.46. The molecule has 1 unspecified atom stereocenters. The number of rotatable bonds is 9. The Bertz CT molecular complexity index is 673. The van der Waals surface area contributed by atoms with E-state index in [9.17, 15) is 9.90 Å². The number of ether oxygens (including phenoxy) is 2. The van der Waals surface area contributed by atoms with Gasteiger partial charge in [0.25, 0.3) is 0 Å². The van der Waals surface area contributed by atoms with Crippen LogP contribution in [0.3, 0.4) is 0 Å². The Labute approximate surface area is 148 Å². The Morgan fingerprint density at radius 1 is 1.12 bits per heavy atom. The van der Waals surface area contributed by atoms with Gasteiger partial charge in [0, 0.05) is 17.7 Å². The first-order valence-electron chi connectivity index (χ1n) is 8.51. The van der Waals surface area contributed by atoms with Crippen LogP contribution in [0, 0.1) is 0 Å². The van der Waals surface area contributed by atoms with Gasteiger partial charge in [-0.05, 0) is 37.6 Å². The van der Waals surface area contributed by atoms with Gasteiger partial charge in [0.05, 0.1) is 19.8 Å². The van der Waals surface area contributed by atoms with E-state index in [-0.39, 0.29) is 12.6 Å². The topological polar surface area (TPSA) is 67.8 Å². The summed E-state index contributed by atoms with van der Waals surface area (Å²) in [5, 5.41) is 12.7. The lowest BCUT2D eigenvalue weighted by Crippen LogP contribution is -2.33. The SMILES string of the molecule is CCOC(=O)C(Cc1ccccc1)Nc1ccc(OCC)c(CO)c1. The van der Waals surface area contributed by atoms with E-state index in [2.05, 4.69) is 5.32 Å². The molecule has 2 aromatic rings. The van der Waals surface area contributed by atoms with Crippen molar-refractivity contribution in [3.05, 3.63) is 59.7 Å². The lowest BCUT2D eigenvalue weighted by atomic mass is 10.1. The third-order valence-corrected chi connectivity index (χ3v) is 3.73. The third-order valence-electron chi connectivity index (χ3n) is 3.73. The van der Waals surface area contributed by atoms with Crippen LogP contribution >= 0.6 is 0 Å². The van der Waals surface area contributed by atoms with Gasteiger partial charge in [0.2, 0.25) is 0 Å². The highest BCUT2D eigenvalue weighted by atomic mass is 16.5. The zero-order valence-corrected chi connectivity index (χ0v) is 14.7. The quantitative estimate of drug-likeness (QED) is 0.685. The number of carbonyl (C=O) groups excluding carboxylic acids is 1. The van der Waals surface area contributed by atoms with Crippen molar-refractivity contribution in [2.45, 2.75) is 32.9 Å². The van der Waals surface area contributed by atoms with Gasteiger partial charge in [-0.15, -0.1) is 0 Å². The van der Waals surface area contributed by atoms with Gasteiger partial charge in [0.1, 0.15) is 11.8 Å². The zero-order valence-electron chi connectivity index (χ0n) is 14.7. The molecule has 0 aliphatic carbocycles. The molecule has 5 heteroatoms. The largest absolute Gasteiger partial charge is 0.494 e. The first-order chi connectivity index (χ1) is 12.2. The van der Waals surface area contributed by atoms with Gasteiger partial charge >= 0.3 is 5.97 Å². The van der Waals surface area contributed by atoms with Crippen molar-refractivity contribution in [3.8, 4) is 5.75 Å². The molecule has 5 nitrogen and oxygen atoms in total. The number of hydrogen-bond donors (Lipinski definition) is 2. The summed E-state index contributed by atoms with van der Waals surface area (Å²) in [6.07, 6.45) is 0.515. The fraction of sp³-hybridized carbons (Fsp3) is 0.350. The summed E-state index contributed by atoms with van der Waals surface area (Å²) in [6.45, 7) is 4.41. The maximum Gasteiger partial charge on any atom is 0.328 e. The van der Waals surface area contributed by atoms with Gasteiger partial charge < -0.3 is 19.9 Å². The summed E-state index contributed by atoms with van der Waals surface area (Å²) in [6, 6.07) is 14.7. The second-order valence-corrected chi connectivity index (χ2v) is 5.55. The standard InChI is InChI=1S/C20H25NO4/c1-3-24-19-11-10-17(13-16(19)14-22)21-18(20(23)25-4-2)12-15-8-6-5-7-9-15/h5-11,13,18,21-22H,3-4,12,14H2,1-2H3. The average molecular weight is 343 g/mol. The first kappa shape index (κ1) is 18.8. The number of benzene rings is 2. The number of aliphatic hydroxyl groups is 1. The van der Waals surface area contributed by atoms with Crippen LogP contribution in [0.2, 0.25) is 0 Å². The molecule has 134 valence electrons. The van der Waals surface area contributed by atoms with E-state index >= 15 is 0 Å². The summed E-state index contributed by atoms with van der Waals surface area (Å²) in [4.78, 5) is 12.3. The van der Waals surface area contributed by atoms with Gasteiger partial charge in [-0.25, -0.2) is 4.79 Å². The molecule has 0 heterocycles. The molecule has 0 aliphatic rings. The van der Waals surface area contributed by atoms with E-state index in [4.69, 9.17) is 9.47 Å². The van der Waals surface area contributed by atoms with Crippen molar-refractivity contribution in [2.24, 2.45) is 0 Å². The zero-order chi connectivity index (χ0) is 18.1. The molecule has 25 heavy (non-hydrogen) atoms. The van der Waals surface area contributed by atoms with E-state index in [1.807, 2.05) is 43.3 Å². The molecule has 0 amide bonds. The number of nitrogens with one attached hydrogen (secondary N) is 1. The summed E-state index contributed by atoms with van der Waals surface area (Å²) >= 11 is 0. The molecule has 0 spiro atoms. The van der Waals surface area contributed by atoms with E-state index in [0.29, 0.717) is 30.9 Å². The highest BCUT2D eigenvalue weighted by molar-refractivity contribution is 5.80. The van der Waals surface area contributed by atoms with Crippen LogP contribution in [-0.2, 0) is 22.6 Å². The lowest BCUT2D eigenvalue weighted by Gasteiger charge is -2.19. The molecule has 2 aromatic carbocycles. The maximum absolute atomic E-state index is 12.3. The van der Waals surface area contributed by atoms with Crippen molar-refractivity contribution >= 4 is 11.7 Å². The van der Waals surface area contributed by atoms with Crippen molar-refractivity contribution in [1.29, 1.82) is 0 Å². The van der Waals surface area contributed by atoms with Crippen molar-refractivity contribution < 1.29 is 19.4 Å². The molecule has 0 fully saturated rings. The summed E-state index contributed by atoms with van der Waals surface area (Å²) < 4.78 is 10.7. The summed E-state index contributed by atoms with van der Waals surface area (Å²) in [7, 11) is 0. The van der Waals surface area contributed by atoms with Crippen LogP contribution < -0.4 is 10.1 Å². The molecule has 0 saturated heterocycles. The molecule has 0 radical (unpaired) electrons. The predicted octanol–water partition coefficient (Wildman–Crippen LogP) is 3.16. The number of aliphatic hydroxyl groups excluding tert-OH is 1. The molecule has 0 saturated carbocycles. The van der Waals surface area contributed by atoms with Crippen molar-refractivity contribution in [2.75, 3.05) is 18.5 Å². The van der Waals surface area contributed by atoms with Crippen LogP contribution in [0.25, 0.3) is 0 Å². The van der Waals surface area contributed by atoms with Crippen molar-refractivity contribution in [1.82, 2.24) is 0 Å². The van der Waals surface area contributed by atoms with Gasteiger partial charge in [-0.1, -0.05) is 30.3 Å².